The molecule has 2 heterocycles. The molecule has 0 radical (unpaired) electrons. The maximum atomic E-state index is 14.0. The van der Waals surface area contributed by atoms with Gasteiger partial charge in [0.15, 0.2) is 0 Å². The van der Waals surface area contributed by atoms with E-state index in [1.54, 1.807) is 12.1 Å². The number of benzene rings is 2. The quantitative estimate of drug-likeness (QED) is 0.658. The lowest BCUT2D eigenvalue weighted by molar-refractivity contribution is 0.249. The molecule has 140 valence electrons. The molecule has 0 unspecified atom stereocenters. The summed E-state index contributed by atoms with van der Waals surface area (Å²) in [5.41, 5.74) is 3.21. The second-order valence-corrected chi connectivity index (χ2v) is 6.99. The number of anilines is 1. The molecule has 0 bridgehead atoms. The lowest BCUT2D eigenvalue weighted by Gasteiger charge is -2.36. The molecular weight excluding hydrogens is 343 g/mol. The Morgan fingerprint density at radius 2 is 1.81 bits per heavy atom. The Balaban J connectivity index is 1.52. The van der Waals surface area contributed by atoms with Gasteiger partial charge in [-0.05, 0) is 41.8 Å². The van der Waals surface area contributed by atoms with Gasteiger partial charge >= 0.3 is 5.63 Å². The highest BCUT2D eigenvalue weighted by molar-refractivity contribution is 5.80. The second-order valence-electron chi connectivity index (χ2n) is 6.99. The molecule has 1 saturated heterocycles. The van der Waals surface area contributed by atoms with Crippen molar-refractivity contribution in [2.24, 2.45) is 0 Å². The number of hydrogen-bond acceptors (Lipinski definition) is 4. The number of para-hydroxylation sites is 1. The van der Waals surface area contributed by atoms with Crippen LogP contribution < -0.4 is 10.5 Å². The minimum atomic E-state index is -0.313. The third-order valence-electron chi connectivity index (χ3n) is 5.26. The fourth-order valence-electron chi connectivity index (χ4n) is 3.72. The van der Waals surface area contributed by atoms with Gasteiger partial charge < -0.3 is 9.32 Å². The van der Waals surface area contributed by atoms with E-state index in [1.807, 2.05) is 24.3 Å². The number of rotatable bonds is 4. The SMILES string of the molecule is CCc1ccc2oc(=O)cc(CN3CCN(c4ccccc4F)CC3)c2c1. The van der Waals surface area contributed by atoms with Crippen LogP contribution in [-0.4, -0.2) is 31.1 Å². The van der Waals surface area contributed by atoms with E-state index in [4.69, 9.17) is 4.42 Å². The molecule has 1 aliphatic rings. The average Bonchev–Trinajstić information content (AvgIpc) is 2.69. The summed E-state index contributed by atoms with van der Waals surface area (Å²) >= 11 is 0. The highest BCUT2D eigenvalue weighted by atomic mass is 19.1. The van der Waals surface area contributed by atoms with Gasteiger partial charge in [-0.15, -0.1) is 0 Å². The van der Waals surface area contributed by atoms with Gasteiger partial charge in [0.1, 0.15) is 11.4 Å². The zero-order valence-electron chi connectivity index (χ0n) is 15.5. The summed E-state index contributed by atoms with van der Waals surface area (Å²) in [5, 5.41) is 1.01. The summed E-state index contributed by atoms with van der Waals surface area (Å²) in [7, 11) is 0. The van der Waals surface area contributed by atoms with Crippen LogP contribution in [0.15, 0.2) is 57.7 Å². The van der Waals surface area contributed by atoms with E-state index in [0.717, 1.165) is 43.5 Å². The van der Waals surface area contributed by atoms with E-state index in [0.29, 0.717) is 17.8 Å². The molecule has 0 N–H and O–H groups in total. The lowest BCUT2D eigenvalue weighted by Crippen LogP contribution is -2.46. The van der Waals surface area contributed by atoms with Crippen molar-refractivity contribution in [3.8, 4) is 0 Å². The third kappa shape index (κ3) is 3.74. The fourth-order valence-corrected chi connectivity index (χ4v) is 3.72. The molecule has 3 aromatic rings. The Labute approximate surface area is 157 Å². The molecule has 1 fully saturated rings. The number of fused-ring (bicyclic) bond motifs is 1. The molecular formula is C22H23FN2O2. The Bertz CT molecular complexity index is 1010. The molecule has 0 aliphatic carbocycles. The summed E-state index contributed by atoms with van der Waals surface area (Å²) < 4.78 is 19.4. The maximum Gasteiger partial charge on any atom is 0.336 e. The van der Waals surface area contributed by atoms with Crippen molar-refractivity contribution in [3.05, 3.63) is 75.9 Å². The molecule has 1 aromatic heterocycles. The summed E-state index contributed by atoms with van der Waals surface area (Å²) in [4.78, 5) is 16.3. The summed E-state index contributed by atoms with van der Waals surface area (Å²) in [6, 6.07) is 14.5. The topological polar surface area (TPSA) is 36.7 Å². The zero-order valence-corrected chi connectivity index (χ0v) is 15.5. The zero-order chi connectivity index (χ0) is 18.8. The molecule has 2 aromatic carbocycles. The molecule has 4 nitrogen and oxygen atoms in total. The molecule has 0 saturated carbocycles. The van der Waals surface area contributed by atoms with Crippen LogP contribution in [0.4, 0.5) is 10.1 Å². The average molecular weight is 366 g/mol. The normalized spacial score (nSPS) is 15.4. The summed E-state index contributed by atoms with van der Waals surface area (Å²) in [6.07, 6.45) is 0.940. The van der Waals surface area contributed by atoms with Gasteiger partial charge in [-0.25, -0.2) is 9.18 Å². The number of halogens is 1. The van der Waals surface area contributed by atoms with E-state index in [2.05, 4.69) is 22.8 Å². The second kappa shape index (κ2) is 7.53. The van der Waals surface area contributed by atoms with Gasteiger partial charge in [-0.2, -0.15) is 0 Å². The van der Waals surface area contributed by atoms with Crippen molar-refractivity contribution in [3.63, 3.8) is 0 Å². The molecule has 0 spiro atoms. The van der Waals surface area contributed by atoms with E-state index in [1.165, 1.54) is 11.6 Å². The van der Waals surface area contributed by atoms with Crippen molar-refractivity contribution < 1.29 is 8.81 Å². The minimum Gasteiger partial charge on any atom is -0.423 e. The Kier molecular flexibility index (Phi) is 4.94. The van der Waals surface area contributed by atoms with E-state index < -0.39 is 0 Å². The van der Waals surface area contributed by atoms with Crippen LogP contribution in [0.3, 0.4) is 0 Å². The summed E-state index contributed by atoms with van der Waals surface area (Å²) in [6.45, 7) is 5.98. The van der Waals surface area contributed by atoms with Crippen molar-refractivity contribution in [1.29, 1.82) is 0 Å². The largest absolute Gasteiger partial charge is 0.423 e. The van der Waals surface area contributed by atoms with Crippen LogP contribution in [-0.2, 0) is 13.0 Å². The van der Waals surface area contributed by atoms with Crippen LogP contribution in [0, 0.1) is 5.82 Å². The van der Waals surface area contributed by atoms with Gasteiger partial charge in [0.25, 0.3) is 0 Å². The first kappa shape index (κ1) is 17.7. The van der Waals surface area contributed by atoms with Crippen molar-refractivity contribution in [2.45, 2.75) is 19.9 Å². The lowest BCUT2D eigenvalue weighted by atomic mass is 10.0. The van der Waals surface area contributed by atoms with Crippen molar-refractivity contribution >= 4 is 16.7 Å². The van der Waals surface area contributed by atoms with Crippen molar-refractivity contribution in [1.82, 2.24) is 4.90 Å². The van der Waals surface area contributed by atoms with Gasteiger partial charge in [0.05, 0.1) is 5.69 Å². The Hall–Kier alpha value is -2.66. The standard InChI is InChI=1S/C22H23FN2O2/c1-2-16-7-8-21-18(13-16)17(14-22(26)27-21)15-24-9-11-25(12-10-24)20-6-4-3-5-19(20)23/h3-8,13-14H,2,9-12,15H2,1H3. The number of piperazine rings is 1. The molecule has 27 heavy (non-hydrogen) atoms. The summed E-state index contributed by atoms with van der Waals surface area (Å²) in [5.74, 6) is -0.176. The molecule has 0 amide bonds. The van der Waals surface area contributed by atoms with Crippen molar-refractivity contribution in [2.75, 3.05) is 31.1 Å². The molecule has 1 aliphatic heterocycles. The highest BCUT2D eigenvalue weighted by Crippen LogP contribution is 2.23. The van der Waals surface area contributed by atoms with Crippen LogP contribution in [0.5, 0.6) is 0 Å². The van der Waals surface area contributed by atoms with Gasteiger partial charge in [-0.1, -0.05) is 25.1 Å². The van der Waals surface area contributed by atoms with E-state index >= 15 is 0 Å². The Morgan fingerprint density at radius 1 is 1.04 bits per heavy atom. The van der Waals surface area contributed by atoms with Crippen LogP contribution in [0.2, 0.25) is 0 Å². The third-order valence-corrected chi connectivity index (χ3v) is 5.26. The fraction of sp³-hybridized carbons (Fsp3) is 0.318. The van der Waals surface area contributed by atoms with Crippen LogP contribution in [0.25, 0.3) is 11.0 Å². The van der Waals surface area contributed by atoms with E-state index in [-0.39, 0.29) is 11.4 Å². The smallest absolute Gasteiger partial charge is 0.336 e. The van der Waals surface area contributed by atoms with Gasteiger partial charge in [-0.3, -0.25) is 4.90 Å². The first-order valence-corrected chi connectivity index (χ1v) is 9.41. The molecule has 0 atom stereocenters. The predicted molar refractivity (Wildman–Crippen MR) is 106 cm³/mol. The first-order valence-electron chi connectivity index (χ1n) is 9.41. The number of aryl methyl sites for hydroxylation is 1. The molecule has 5 heteroatoms. The Morgan fingerprint density at radius 3 is 2.56 bits per heavy atom. The first-order chi connectivity index (χ1) is 13.1. The highest BCUT2D eigenvalue weighted by Gasteiger charge is 2.20. The van der Waals surface area contributed by atoms with Crippen LogP contribution in [0.1, 0.15) is 18.1 Å². The molecule has 4 rings (SSSR count). The number of nitrogens with zero attached hydrogens (tertiary/aromatic N) is 2. The van der Waals surface area contributed by atoms with Gasteiger partial charge in [0, 0.05) is 44.2 Å². The number of hydrogen-bond donors (Lipinski definition) is 0. The minimum absolute atomic E-state index is 0.176. The van der Waals surface area contributed by atoms with Crippen LogP contribution >= 0.6 is 0 Å². The van der Waals surface area contributed by atoms with Gasteiger partial charge in [0.2, 0.25) is 0 Å². The van der Waals surface area contributed by atoms with E-state index in [9.17, 15) is 9.18 Å². The predicted octanol–water partition coefficient (Wildman–Crippen LogP) is 3.82. The maximum absolute atomic E-state index is 14.0. The monoisotopic (exact) mass is 366 g/mol.